The third-order valence-electron chi connectivity index (χ3n) is 7.73. The molecule has 2 aliphatic rings. The van der Waals surface area contributed by atoms with Crippen LogP contribution in [-0.2, 0) is 5.41 Å². The zero-order chi connectivity index (χ0) is 27.1. The molecule has 0 saturated carbocycles. The first-order chi connectivity index (χ1) is 18.8. The highest BCUT2D eigenvalue weighted by molar-refractivity contribution is 5.88. The summed E-state index contributed by atoms with van der Waals surface area (Å²) in [5.74, 6) is 2.84. The number of urea groups is 1. The van der Waals surface area contributed by atoms with Crippen LogP contribution in [0.2, 0.25) is 0 Å². The summed E-state index contributed by atoms with van der Waals surface area (Å²) in [5.41, 5.74) is 2.76. The van der Waals surface area contributed by atoms with E-state index >= 15 is 0 Å². The highest BCUT2D eigenvalue weighted by atomic mass is 35.5. The van der Waals surface area contributed by atoms with Crippen molar-refractivity contribution in [3.8, 4) is 5.75 Å². The summed E-state index contributed by atoms with van der Waals surface area (Å²) in [5, 5.41) is 18.8. The number of halogens is 1. The summed E-state index contributed by atoms with van der Waals surface area (Å²) in [6, 6.07) is 13.6. The number of carbonyl (C=O) groups is 1. The molecule has 212 valence electrons. The topological polar surface area (TPSA) is 110 Å². The normalized spacial score (nSPS) is 21.1. The molecule has 0 spiro atoms. The van der Waals surface area contributed by atoms with Crippen molar-refractivity contribution < 1.29 is 14.1 Å². The van der Waals surface area contributed by atoms with Crippen LogP contribution in [0.1, 0.15) is 87.4 Å². The summed E-state index contributed by atoms with van der Waals surface area (Å²) in [6.45, 7) is 7.17. The van der Waals surface area contributed by atoms with Crippen LogP contribution in [0.15, 0.2) is 53.2 Å². The first-order valence-electron chi connectivity index (χ1n) is 13.6. The van der Waals surface area contributed by atoms with E-state index in [1.807, 2.05) is 51.2 Å². The monoisotopic (exact) mass is 565 g/mol. The van der Waals surface area contributed by atoms with E-state index in [1.165, 1.54) is 0 Å². The first kappa shape index (κ1) is 27.9. The Morgan fingerprint density at radius 1 is 1.07 bits per heavy atom. The molecule has 11 heteroatoms. The Labute approximate surface area is 239 Å². The van der Waals surface area contributed by atoms with Crippen molar-refractivity contribution in [2.45, 2.75) is 70.1 Å². The molecule has 1 saturated heterocycles. The molecule has 4 aromatic rings. The van der Waals surface area contributed by atoms with Gasteiger partial charge in [-0.15, -0.1) is 22.6 Å². The Bertz CT molecular complexity index is 1490. The van der Waals surface area contributed by atoms with Gasteiger partial charge in [-0.3, -0.25) is 14.6 Å². The molecule has 2 N–H and O–H groups in total. The molecule has 3 aromatic heterocycles. The van der Waals surface area contributed by atoms with Crippen LogP contribution in [0.5, 0.6) is 5.75 Å². The average Bonchev–Trinajstić information content (AvgIpc) is 3.65. The molecule has 40 heavy (non-hydrogen) atoms. The summed E-state index contributed by atoms with van der Waals surface area (Å²) in [6.07, 6.45) is 5.62. The van der Waals surface area contributed by atoms with E-state index in [1.54, 1.807) is 6.07 Å². The molecule has 1 aliphatic carbocycles. The molecule has 0 bridgehead atoms. The van der Waals surface area contributed by atoms with Gasteiger partial charge in [0.15, 0.2) is 17.3 Å². The zero-order valence-electron chi connectivity index (χ0n) is 23.3. The lowest BCUT2D eigenvalue weighted by Gasteiger charge is -2.32. The molecule has 3 atom stereocenters. The summed E-state index contributed by atoms with van der Waals surface area (Å²) in [4.78, 5) is 15.2. The Morgan fingerprint density at radius 2 is 1.88 bits per heavy atom. The number of ether oxygens (including phenoxy) is 1. The van der Waals surface area contributed by atoms with Gasteiger partial charge < -0.3 is 14.6 Å². The highest BCUT2D eigenvalue weighted by Crippen LogP contribution is 2.39. The molecule has 6 rings (SSSR count). The molecule has 0 radical (unpaired) electrons. The molecular formula is C29H36ClN7O3. The van der Waals surface area contributed by atoms with Gasteiger partial charge in [0.1, 0.15) is 17.6 Å². The largest absolute Gasteiger partial charge is 0.484 e. The molecule has 1 fully saturated rings. The predicted octanol–water partition coefficient (Wildman–Crippen LogP) is 5.98. The maximum Gasteiger partial charge on any atom is 0.320 e. The minimum Gasteiger partial charge on any atom is -0.484 e. The smallest absolute Gasteiger partial charge is 0.320 e. The van der Waals surface area contributed by atoms with Crippen LogP contribution < -0.4 is 15.4 Å². The van der Waals surface area contributed by atoms with Crippen molar-refractivity contribution >= 4 is 29.9 Å². The van der Waals surface area contributed by atoms with Crippen molar-refractivity contribution in [1.29, 1.82) is 0 Å². The number of carbonyl (C=O) groups excluding carboxylic acids is 1. The molecule has 2 amide bonds. The number of anilines is 1. The third kappa shape index (κ3) is 5.51. The number of pyridine rings is 1. The molecule has 1 aliphatic heterocycles. The summed E-state index contributed by atoms with van der Waals surface area (Å²) in [7, 11) is 2.14. The number of fused-ring (bicyclic) bond motifs is 2. The number of hydrogen-bond donors (Lipinski definition) is 2. The van der Waals surface area contributed by atoms with Gasteiger partial charge in [0.2, 0.25) is 0 Å². The minimum absolute atomic E-state index is 0. The quantitative estimate of drug-likeness (QED) is 0.306. The van der Waals surface area contributed by atoms with Crippen molar-refractivity contribution in [1.82, 2.24) is 30.0 Å². The number of aromatic nitrogens is 4. The number of rotatable bonds is 5. The Kier molecular flexibility index (Phi) is 7.74. The number of nitrogens with zero attached hydrogens (tertiary/aromatic N) is 5. The lowest BCUT2D eigenvalue weighted by Crippen LogP contribution is -2.35. The Morgan fingerprint density at radius 3 is 2.60 bits per heavy atom. The third-order valence-corrected chi connectivity index (χ3v) is 7.73. The van der Waals surface area contributed by atoms with Crippen LogP contribution in [0.4, 0.5) is 10.6 Å². The van der Waals surface area contributed by atoms with E-state index in [9.17, 15) is 4.79 Å². The van der Waals surface area contributed by atoms with E-state index in [-0.39, 0.29) is 42.0 Å². The van der Waals surface area contributed by atoms with Crippen molar-refractivity contribution in [2.24, 2.45) is 0 Å². The van der Waals surface area contributed by atoms with Gasteiger partial charge in [-0.2, -0.15) is 0 Å². The minimum atomic E-state index is -0.314. The zero-order valence-corrected chi connectivity index (χ0v) is 24.1. The number of nitrogens with one attached hydrogen (secondary N) is 2. The fourth-order valence-electron chi connectivity index (χ4n) is 5.61. The van der Waals surface area contributed by atoms with Crippen molar-refractivity contribution in [3.05, 3.63) is 71.4 Å². The maximum absolute atomic E-state index is 12.8. The van der Waals surface area contributed by atoms with Crippen LogP contribution in [-0.4, -0.2) is 44.3 Å². The molecule has 10 nitrogen and oxygen atoms in total. The molecule has 1 aromatic carbocycles. The van der Waals surface area contributed by atoms with Gasteiger partial charge in [0.05, 0.1) is 18.3 Å². The fourth-order valence-corrected chi connectivity index (χ4v) is 5.61. The van der Waals surface area contributed by atoms with Gasteiger partial charge in [0, 0.05) is 11.5 Å². The summed E-state index contributed by atoms with van der Waals surface area (Å²) < 4.78 is 14.0. The van der Waals surface area contributed by atoms with Gasteiger partial charge >= 0.3 is 6.03 Å². The lowest BCUT2D eigenvalue weighted by molar-refractivity contribution is 0.171. The summed E-state index contributed by atoms with van der Waals surface area (Å²) >= 11 is 0. The first-order valence-corrected chi connectivity index (χ1v) is 13.6. The van der Waals surface area contributed by atoms with Gasteiger partial charge in [-0.05, 0) is 62.5 Å². The molecule has 4 heterocycles. The second-order valence-corrected chi connectivity index (χ2v) is 11.6. The van der Waals surface area contributed by atoms with Crippen LogP contribution in [0, 0.1) is 0 Å². The van der Waals surface area contributed by atoms with E-state index in [2.05, 4.69) is 54.5 Å². The fraction of sp³-hybridized carbons (Fsp3) is 0.448. The van der Waals surface area contributed by atoms with Gasteiger partial charge in [-0.25, -0.2) is 4.79 Å². The average molecular weight is 566 g/mol. The van der Waals surface area contributed by atoms with E-state index in [0.717, 1.165) is 60.6 Å². The van der Waals surface area contributed by atoms with Crippen molar-refractivity contribution in [2.75, 3.05) is 18.9 Å². The lowest BCUT2D eigenvalue weighted by atomic mass is 9.85. The Balaban J connectivity index is 0.00000323. The van der Waals surface area contributed by atoms with Crippen LogP contribution in [0.3, 0.4) is 0 Å². The maximum atomic E-state index is 12.8. The van der Waals surface area contributed by atoms with Gasteiger partial charge in [-0.1, -0.05) is 50.2 Å². The molecule has 0 unspecified atom stereocenters. The van der Waals surface area contributed by atoms with E-state index < -0.39 is 0 Å². The Hall–Kier alpha value is -3.63. The van der Waals surface area contributed by atoms with Crippen LogP contribution >= 0.6 is 12.4 Å². The number of amides is 2. The second kappa shape index (κ2) is 11.1. The number of benzene rings is 1. The standard InChI is InChI=1S/C29H35N7O3.ClH/c1-29(2,3)24-16-25(34-39-24)31-28(37)30-21-12-13-23(20-9-6-5-8-19(20)21)38-18-11-14-26-32-33-27(36(26)17-18)22-10-7-15-35(22)4;/h5-6,8-9,11,14,16-17,21-23H,7,10,12-13,15H2,1-4H3,(H2,30,31,34,37);1H/t21-,22-,23+;/m0./s1. The second-order valence-electron chi connectivity index (χ2n) is 11.6. The van der Waals surface area contributed by atoms with Crippen molar-refractivity contribution in [3.63, 3.8) is 0 Å². The van der Waals surface area contributed by atoms with Gasteiger partial charge in [0.25, 0.3) is 0 Å². The SMILES string of the molecule is CN1CCC[C@H]1c1nnc2ccc(O[C@@H]3CC[C@H](NC(=O)Nc4cc(C(C)(C)C)on4)c4ccccc43)cn12.Cl. The number of likely N-dealkylation sites (tertiary alicyclic amines) is 1. The number of hydrogen-bond acceptors (Lipinski definition) is 7. The van der Waals surface area contributed by atoms with E-state index in [4.69, 9.17) is 9.26 Å². The highest BCUT2D eigenvalue weighted by Gasteiger charge is 2.31. The predicted molar refractivity (Wildman–Crippen MR) is 154 cm³/mol. The van der Waals surface area contributed by atoms with E-state index in [0.29, 0.717) is 11.6 Å². The van der Waals surface area contributed by atoms with Crippen LogP contribution in [0.25, 0.3) is 5.65 Å². The molecular weight excluding hydrogens is 530 g/mol.